The molecule has 0 aliphatic rings. The molecule has 43 heavy (non-hydrogen) atoms. The molecule has 0 unspecified atom stereocenters. The number of para-hydroxylation sites is 1. The minimum Gasteiger partial charge on any atom is -0.458 e. The maximum atomic E-state index is 12.6. The van der Waals surface area contributed by atoms with Crippen molar-refractivity contribution in [3.05, 3.63) is 54.1 Å². The normalized spacial score (nSPS) is 12.7. The third-order valence-corrected chi connectivity index (χ3v) is 6.27. The molecule has 0 fully saturated rings. The molecular weight excluding hydrogens is 562 g/mol. The molecule has 0 heterocycles. The van der Waals surface area contributed by atoms with E-state index >= 15 is 0 Å². The monoisotopic (exact) mass is 603 g/mol. The van der Waals surface area contributed by atoms with Crippen molar-refractivity contribution >= 4 is 24.4 Å². The summed E-state index contributed by atoms with van der Waals surface area (Å²) in [6.07, 6.45) is -2.72. The minimum atomic E-state index is -1.13. The summed E-state index contributed by atoms with van der Waals surface area (Å²) in [6, 6.07) is 11.5. The van der Waals surface area contributed by atoms with Crippen LogP contribution >= 0.6 is 0 Å². The van der Waals surface area contributed by atoms with Gasteiger partial charge in [-0.2, -0.15) is 0 Å². The number of rotatable bonds is 13. The van der Waals surface area contributed by atoms with Gasteiger partial charge in [-0.1, -0.05) is 38.1 Å². The van der Waals surface area contributed by atoms with Gasteiger partial charge in [0.25, 0.3) is 0 Å². The Morgan fingerprint density at radius 2 is 1.33 bits per heavy atom. The Morgan fingerprint density at radius 3 is 1.88 bits per heavy atom. The van der Waals surface area contributed by atoms with E-state index in [1.807, 2.05) is 13.8 Å². The molecule has 12 nitrogen and oxygen atoms in total. The topological polar surface area (TPSA) is 159 Å². The molecule has 2 atom stereocenters. The van der Waals surface area contributed by atoms with Gasteiger partial charge in [-0.3, -0.25) is 4.79 Å². The third-order valence-electron chi connectivity index (χ3n) is 6.27. The summed E-state index contributed by atoms with van der Waals surface area (Å²) in [5.74, 6) is -0.691. The number of esters is 1. The van der Waals surface area contributed by atoms with Gasteiger partial charge in [0, 0.05) is 0 Å². The van der Waals surface area contributed by atoms with Crippen molar-refractivity contribution in [3.8, 4) is 17.2 Å². The molecule has 0 radical (unpaired) electrons. The molecule has 0 saturated heterocycles. The van der Waals surface area contributed by atoms with E-state index in [4.69, 9.17) is 38.9 Å². The molecule has 236 valence electrons. The minimum absolute atomic E-state index is 0.0259. The van der Waals surface area contributed by atoms with Gasteiger partial charge in [-0.05, 0) is 83.7 Å². The van der Waals surface area contributed by atoms with Crippen molar-refractivity contribution < 1.29 is 52.3 Å². The first-order valence-electron chi connectivity index (χ1n) is 13.9. The molecule has 0 saturated carbocycles. The molecule has 0 amide bonds. The van der Waals surface area contributed by atoms with E-state index in [0.29, 0.717) is 24.2 Å². The second-order valence-corrected chi connectivity index (χ2v) is 11.0. The Kier molecular flexibility index (Phi) is 12.8. The highest BCUT2D eigenvalue weighted by Crippen LogP contribution is 2.31. The third kappa shape index (κ3) is 12.6. The quantitative estimate of drug-likeness (QED) is 0.159. The van der Waals surface area contributed by atoms with Gasteiger partial charge in [-0.15, -0.1) is 0 Å². The Labute approximate surface area is 251 Å². The molecule has 0 aromatic heterocycles. The van der Waals surface area contributed by atoms with Crippen molar-refractivity contribution in [3.63, 3.8) is 0 Å². The first-order chi connectivity index (χ1) is 20.1. The smallest absolute Gasteiger partial charge is 0.458 e. The summed E-state index contributed by atoms with van der Waals surface area (Å²) < 4.78 is 36.7. The van der Waals surface area contributed by atoms with Gasteiger partial charge in [-0.25, -0.2) is 14.4 Å². The average molecular weight is 604 g/mol. The number of hydrogen-bond donors (Lipinski definition) is 1. The van der Waals surface area contributed by atoms with Crippen LogP contribution in [0.3, 0.4) is 0 Å². The number of carbonyl (C=O) groups is 4. The zero-order valence-corrected chi connectivity index (χ0v) is 25.7. The second-order valence-electron chi connectivity index (χ2n) is 11.0. The summed E-state index contributed by atoms with van der Waals surface area (Å²) in [4.78, 5) is 49.4. The maximum absolute atomic E-state index is 12.6. The first-order valence-corrected chi connectivity index (χ1v) is 13.9. The molecule has 2 N–H and O–H groups in total. The molecule has 0 spiro atoms. The first kappa shape index (κ1) is 34.9. The van der Waals surface area contributed by atoms with Gasteiger partial charge >= 0.3 is 24.4 Å². The van der Waals surface area contributed by atoms with Crippen LogP contribution in [0.2, 0.25) is 0 Å². The molecule has 0 aliphatic heterocycles. The van der Waals surface area contributed by atoms with Crippen LogP contribution in [0.15, 0.2) is 48.5 Å². The van der Waals surface area contributed by atoms with Crippen molar-refractivity contribution in [2.75, 3.05) is 6.61 Å². The number of benzene rings is 2. The highest BCUT2D eigenvalue weighted by atomic mass is 16.8. The van der Waals surface area contributed by atoms with Gasteiger partial charge in [0.1, 0.15) is 35.7 Å². The zero-order chi connectivity index (χ0) is 32.2. The van der Waals surface area contributed by atoms with E-state index < -0.39 is 47.8 Å². The lowest BCUT2D eigenvalue weighted by Crippen LogP contribution is -2.37. The fraction of sp³-hybridized carbons (Fsp3) is 0.484. The van der Waals surface area contributed by atoms with E-state index in [-0.39, 0.29) is 24.5 Å². The Morgan fingerprint density at radius 1 is 0.767 bits per heavy atom. The highest BCUT2D eigenvalue weighted by Gasteiger charge is 2.27. The molecule has 2 rings (SSSR count). The number of ether oxygens (including phenoxy) is 7. The summed E-state index contributed by atoms with van der Waals surface area (Å²) in [7, 11) is 0. The van der Waals surface area contributed by atoms with Gasteiger partial charge in [0.2, 0.25) is 0 Å². The van der Waals surface area contributed by atoms with E-state index in [0.717, 1.165) is 0 Å². The molecule has 2 aromatic rings. The van der Waals surface area contributed by atoms with Gasteiger partial charge in [0.15, 0.2) is 11.5 Å². The standard InChI is InChI=1S/C31H41NO11/c1-8-30(4,5)42-28(35)40-24-16-15-21(18-25(24)41-29(36)43-31(6,7)9-2)17-23(32)26(33)38-20(3)19-37-27(34)39-22-13-11-10-12-14-22/h10-16,18,20,23H,8-9,17,19,32H2,1-7H3/t20-,23-/m0/s1. The highest BCUT2D eigenvalue weighted by molar-refractivity contribution is 5.76. The SMILES string of the molecule is CCC(C)(C)OC(=O)Oc1ccc(C[C@H](N)C(=O)O[C@@H](C)COC(=O)Oc2ccccc2)cc1OC(=O)OC(C)(C)CC. The summed E-state index contributed by atoms with van der Waals surface area (Å²) in [6.45, 7) is 11.9. The van der Waals surface area contributed by atoms with Crippen LogP contribution < -0.4 is 19.9 Å². The lowest BCUT2D eigenvalue weighted by molar-refractivity contribution is -0.151. The van der Waals surface area contributed by atoms with Gasteiger partial charge < -0.3 is 38.9 Å². The van der Waals surface area contributed by atoms with Crippen molar-refractivity contribution in [2.24, 2.45) is 5.73 Å². The predicted octanol–water partition coefficient (Wildman–Crippen LogP) is 6.11. The summed E-state index contributed by atoms with van der Waals surface area (Å²) in [5, 5.41) is 0. The zero-order valence-electron chi connectivity index (χ0n) is 25.7. The van der Waals surface area contributed by atoms with Crippen LogP contribution in [-0.2, 0) is 30.2 Å². The van der Waals surface area contributed by atoms with Crippen LogP contribution in [0, 0.1) is 0 Å². The molecular formula is C31H41NO11. The van der Waals surface area contributed by atoms with Crippen LogP contribution in [-0.4, -0.2) is 54.4 Å². The lowest BCUT2D eigenvalue weighted by atomic mass is 10.1. The van der Waals surface area contributed by atoms with Crippen LogP contribution in [0.5, 0.6) is 17.2 Å². The second kappa shape index (κ2) is 15.8. The summed E-state index contributed by atoms with van der Waals surface area (Å²) >= 11 is 0. The number of nitrogens with two attached hydrogens (primary N) is 1. The molecule has 2 aromatic carbocycles. The number of hydrogen-bond acceptors (Lipinski definition) is 12. The Hall–Kier alpha value is -4.32. The molecule has 12 heteroatoms. The molecule has 0 aliphatic carbocycles. The Balaban J connectivity index is 2.05. The van der Waals surface area contributed by atoms with E-state index in [1.165, 1.54) is 19.1 Å². The van der Waals surface area contributed by atoms with E-state index in [1.54, 1.807) is 64.1 Å². The maximum Gasteiger partial charge on any atom is 0.514 e. The fourth-order valence-corrected chi connectivity index (χ4v) is 3.12. The fourth-order valence-electron chi connectivity index (χ4n) is 3.12. The van der Waals surface area contributed by atoms with Crippen LogP contribution in [0.1, 0.15) is 66.9 Å². The van der Waals surface area contributed by atoms with Crippen molar-refractivity contribution in [2.45, 2.75) is 91.1 Å². The van der Waals surface area contributed by atoms with Crippen LogP contribution in [0.4, 0.5) is 14.4 Å². The largest absolute Gasteiger partial charge is 0.514 e. The number of carbonyl (C=O) groups excluding carboxylic acids is 4. The van der Waals surface area contributed by atoms with Gasteiger partial charge in [0.05, 0.1) is 0 Å². The van der Waals surface area contributed by atoms with E-state index in [9.17, 15) is 19.2 Å². The molecule has 0 bridgehead atoms. The summed E-state index contributed by atoms with van der Waals surface area (Å²) in [5.41, 5.74) is 4.95. The Bertz CT molecular complexity index is 1240. The van der Waals surface area contributed by atoms with Crippen LogP contribution in [0.25, 0.3) is 0 Å². The van der Waals surface area contributed by atoms with Crippen molar-refractivity contribution in [1.82, 2.24) is 0 Å². The lowest BCUT2D eigenvalue weighted by Gasteiger charge is -2.24. The van der Waals surface area contributed by atoms with E-state index in [2.05, 4.69) is 0 Å². The average Bonchev–Trinajstić information content (AvgIpc) is 2.93. The predicted molar refractivity (Wildman–Crippen MR) is 155 cm³/mol. The van der Waals surface area contributed by atoms with Crippen molar-refractivity contribution in [1.29, 1.82) is 0 Å².